The van der Waals surface area contributed by atoms with E-state index in [-0.39, 0.29) is 12.6 Å². The molecule has 0 spiro atoms. The molecule has 1 aliphatic heterocycles. The van der Waals surface area contributed by atoms with Crippen molar-refractivity contribution in [2.45, 2.75) is 31.1 Å². The molecule has 3 N–H and O–H groups in total. The molecule has 0 radical (unpaired) electrons. The minimum atomic E-state index is -1.41. The van der Waals surface area contributed by atoms with Crippen LogP contribution in [0.3, 0.4) is 0 Å². The molecule has 1 aromatic heterocycles. The second-order valence-corrected chi connectivity index (χ2v) is 4.23. The predicted molar refractivity (Wildman–Crippen MR) is 62.9 cm³/mol. The normalized spacial score (nSPS) is 29.6. The Hall–Kier alpha value is -1.55. The largest absolute Gasteiger partial charge is 0.432 e. The Balaban J connectivity index is 2.18. The average molecular weight is 290 g/mol. The Kier molecular flexibility index (Phi) is 4.65. The van der Waals surface area contributed by atoms with E-state index in [1.165, 1.54) is 6.20 Å². The molecule has 0 aliphatic carbocycles. The molecular weight excluding hydrogens is 275 g/mol. The molecule has 0 unspecified atom stereocenters. The van der Waals surface area contributed by atoms with E-state index in [9.17, 15) is 19.4 Å². The highest BCUT2D eigenvalue weighted by Crippen LogP contribution is 2.23. The van der Waals surface area contributed by atoms with E-state index in [1.54, 1.807) is 0 Å². The van der Waals surface area contributed by atoms with Gasteiger partial charge in [0.15, 0.2) is 0 Å². The first-order chi connectivity index (χ1) is 9.58. The summed E-state index contributed by atoms with van der Waals surface area (Å²) in [4.78, 5) is 15.3. The van der Waals surface area contributed by atoms with Gasteiger partial charge < -0.3 is 24.8 Å². The minimum absolute atomic E-state index is 0.231. The van der Waals surface area contributed by atoms with E-state index in [2.05, 4.69) is 4.98 Å². The second kappa shape index (κ2) is 6.27. The van der Waals surface area contributed by atoms with E-state index in [4.69, 9.17) is 14.6 Å². The summed E-state index contributed by atoms with van der Waals surface area (Å²) < 4.78 is 23.6. The van der Waals surface area contributed by atoms with Crippen LogP contribution in [0.15, 0.2) is 17.1 Å². The number of ether oxygens (including phenoxy) is 2. The Morgan fingerprint density at radius 3 is 2.80 bits per heavy atom. The van der Waals surface area contributed by atoms with Crippen molar-refractivity contribution in [3.8, 4) is 6.01 Å². The van der Waals surface area contributed by atoms with Gasteiger partial charge in [0.05, 0.1) is 13.2 Å². The number of nitrogens with zero attached hydrogens (tertiary/aromatic N) is 2. The highest BCUT2D eigenvalue weighted by Gasteiger charge is 2.44. The van der Waals surface area contributed by atoms with Crippen LogP contribution in [0.5, 0.6) is 6.01 Å². The molecule has 0 aromatic carbocycles. The van der Waals surface area contributed by atoms with Gasteiger partial charge in [-0.25, -0.2) is 9.37 Å². The monoisotopic (exact) mass is 290 g/mol. The molecule has 4 atom stereocenters. The Labute approximate surface area is 113 Å². The third-order valence-corrected chi connectivity index (χ3v) is 2.93. The molecule has 112 valence electrons. The van der Waals surface area contributed by atoms with Gasteiger partial charge in [0.2, 0.25) is 6.29 Å². The van der Waals surface area contributed by atoms with E-state index >= 15 is 0 Å². The van der Waals surface area contributed by atoms with Crippen molar-refractivity contribution < 1.29 is 29.2 Å². The van der Waals surface area contributed by atoms with Gasteiger partial charge in [-0.15, -0.1) is 0 Å². The summed E-state index contributed by atoms with van der Waals surface area (Å²) in [5, 5.41) is 28.2. The molecule has 0 bridgehead atoms. The van der Waals surface area contributed by atoms with Gasteiger partial charge in [-0.05, 0) is 0 Å². The van der Waals surface area contributed by atoms with Gasteiger partial charge in [0, 0.05) is 12.3 Å². The van der Waals surface area contributed by atoms with Gasteiger partial charge in [-0.1, -0.05) is 0 Å². The summed E-state index contributed by atoms with van der Waals surface area (Å²) in [6, 6.07) is 0.907. The summed E-state index contributed by atoms with van der Waals surface area (Å²) in [6.07, 6.45) is -3.87. The number of aromatic nitrogens is 2. The maximum absolute atomic E-state index is 12.4. The zero-order valence-electron chi connectivity index (χ0n) is 10.4. The number of alkyl halides is 1. The fourth-order valence-electron chi connectivity index (χ4n) is 1.87. The molecule has 20 heavy (non-hydrogen) atoms. The molecule has 8 nitrogen and oxygen atoms in total. The highest BCUT2D eigenvalue weighted by atomic mass is 19.1. The van der Waals surface area contributed by atoms with Crippen LogP contribution in [0.1, 0.15) is 0 Å². The quantitative estimate of drug-likeness (QED) is 0.576. The maximum atomic E-state index is 12.4. The lowest BCUT2D eigenvalue weighted by atomic mass is 10.1. The van der Waals surface area contributed by atoms with E-state index in [0.29, 0.717) is 0 Å². The minimum Gasteiger partial charge on any atom is -0.432 e. The number of rotatable bonds is 5. The number of aliphatic hydroxyl groups excluding tert-OH is 3. The number of hydrogen-bond acceptors (Lipinski definition) is 7. The molecule has 1 aromatic rings. The van der Waals surface area contributed by atoms with Crippen molar-refractivity contribution in [3.63, 3.8) is 0 Å². The third-order valence-electron chi connectivity index (χ3n) is 2.93. The zero-order chi connectivity index (χ0) is 14.7. The van der Waals surface area contributed by atoms with E-state index < -0.39 is 43.4 Å². The SMILES string of the molecule is O=c1ccnc(O[C@@H]2O[C@H](CO)[C@@H](O)[C@@H]2O)n1CCF. The lowest BCUT2D eigenvalue weighted by molar-refractivity contribution is -0.122. The fraction of sp³-hybridized carbons (Fsp3) is 0.636. The van der Waals surface area contributed by atoms with Crippen LogP contribution >= 0.6 is 0 Å². The summed E-state index contributed by atoms with van der Waals surface area (Å²) in [5.41, 5.74) is -0.514. The van der Waals surface area contributed by atoms with Crippen molar-refractivity contribution in [2.24, 2.45) is 0 Å². The smallest absolute Gasteiger partial charge is 0.301 e. The van der Waals surface area contributed by atoms with Gasteiger partial charge in [-0.2, -0.15) is 0 Å². The topological polar surface area (TPSA) is 114 Å². The van der Waals surface area contributed by atoms with Crippen molar-refractivity contribution in [2.75, 3.05) is 13.3 Å². The Bertz CT molecular complexity index is 510. The number of aliphatic hydroxyl groups is 3. The summed E-state index contributed by atoms with van der Waals surface area (Å²) in [6.45, 7) is -1.55. The van der Waals surface area contributed by atoms with E-state index in [1.807, 2.05) is 0 Å². The van der Waals surface area contributed by atoms with Crippen molar-refractivity contribution in [1.29, 1.82) is 0 Å². The fourth-order valence-corrected chi connectivity index (χ4v) is 1.87. The molecule has 2 heterocycles. The first-order valence-corrected chi connectivity index (χ1v) is 5.99. The van der Waals surface area contributed by atoms with E-state index in [0.717, 1.165) is 10.6 Å². The summed E-state index contributed by atoms with van der Waals surface area (Å²) in [5.74, 6) is 0. The van der Waals surface area contributed by atoms with Gasteiger partial charge in [-0.3, -0.25) is 9.36 Å². The Morgan fingerprint density at radius 1 is 1.45 bits per heavy atom. The van der Waals surface area contributed by atoms with Crippen LogP contribution in [0.2, 0.25) is 0 Å². The first-order valence-electron chi connectivity index (χ1n) is 5.99. The number of halogens is 1. The molecule has 0 amide bonds. The average Bonchev–Trinajstić information content (AvgIpc) is 2.70. The standard InChI is InChI=1S/C11H15FN2O6/c12-2-4-14-7(16)1-3-13-11(14)20-10-9(18)8(17)6(5-15)19-10/h1,3,6,8-10,15,17-18H,2,4-5H2/t6-,8-,9+,10+/m1/s1. The van der Waals surface area contributed by atoms with Crippen LogP contribution in [-0.4, -0.2) is 62.8 Å². The molecule has 9 heteroatoms. The van der Waals surface area contributed by atoms with Gasteiger partial charge >= 0.3 is 6.01 Å². The molecular formula is C11H15FN2O6. The number of hydrogen-bond donors (Lipinski definition) is 3. The van der Waals surface area contributed by atoms with Gasteiger partial charge in [0.25, 0.3) is 5.56 Å². The van der Waals surface area contributed by atoms with Crippen LogP contribution in [0.4, 0.5) is 4.39 Å². The van der Waals surface area contributed by atoms with Crippen LogP contribution in [-0.2, 0) is 11.3 Å². The molecule has 0 saturated carbocycles. The lowest BCUT2D eigenvalue weighted by Crippen LogP contribution is -2.37. The molecule has 2 rings (SSSR count). The summed E-state index contributed by atoms with van der Waals surface area (Å²) in [7, 11) is 0. The second-order valence-electron chi connectivity index (χ2n) is 4.23. The Morgan fingerprint density at radius 2 is 2.20 bits per heavy atom. The van der Waals surface area contributed by atoms with Crippen molar-refractivity contribution in [1.82, 2.24) is 9.55 Å². The zero-order valence-corrected chi connectivity index (χ0v) is 10.4. The van der Waals surface area contributed by atoms with Crippen LogP contribution in [0.25, 0.3) is 0 Å². The van der Waals surface area contributed by atoms with Crippen molar-refractivity contribution in [3.05, 3.63) is 22.6 Å². The highest BCUT2D eigenvalue weighted by molar-refractivity contribution is 5.01. The first kappa shape index (κ1) is 14.9. The molecule has 1 saturated heterocycles. The maximum Gasteiger partial charge on any atom is 0.301 e. The lowest BCUT2D eigenvalue weighted by Gasteiger charge is -2.18. The third kappa shape index (κ3) is 2.80. The predicted octanol–water partition coefficient (Wildman–Crippen LogP) is -1.97. The molecule has 1 fully saturated rings. The van der Waals surface area contributed by atoms with Gasteiger partial charge in [0.1, 0.15) is 25.0 Å². The summed E-state index contributed by atoms with van der Waals surface area (Å²) >= 11 is 0. The van der Waals surface area contributed by atoms with Crippen LogP contribution < -0.4 is 10.3 Å². The van der Waals surface area contributed by atoms with Crippen LogP contribution in [0, 0.1) is 0 Å². The molecule has 1 aliphatic rings. The van der Waals surface area contributed by atoms with Crippen molar-refractivity contribution >= 4 is 0 Å².